The number of anilines is 2. The minimum Gasteiger partial charge on any atom is -0.376 e. The van der Waals surface area contributed by atoms with Gasteiger partial charge in [0.25, 0.3) is 0 Å². The Hall–Kier alpha value is -1.91. The van der Waals surface area contributed by atoms with E-state index in [-0.39, 0.29) is 6.10 Å². The maximum absolute atomic E-state index is 5.58. The molecule has 0 bridgehead atoms. The summed E-state index contributed by atoms with van der Waals surface area (Å²) in [4.78, 5) is 6.04. The van der Waals surface area contributed by atoms with Crippen molar-refractivity contribution in [2.45, 2.75) is 25.4 Å². The molecule has 1 unspecified atom stereocenters. The largest absolute Gasteiger partial charge is 0.376 e. The van der Waals surface area contributed by atoms with Crippen molar-refractivity contribution in [3.8, 4) is 0 Å². The Morgan fingerprint density at radius 3 is 2.91 bits per heavy atom. The molecule has 0 amide bonds. The number of hydrogen-bond donors (Lipinski definition) is 1. The van der Waals surface area contributed by atoms with Crippen LogP contribution in [-0.4, -0.2) is 12.1 Å². The van der Waals surface area contributed by atoms with Crippen LogP contribution in [0.25, 0.3) is 10.8 Å². The minimum absolute atomic E-state index is 0.216. The molecule has 1 aliphatic rings. The lowest BCUT2D eigenvalue weighted by atomic mass is 10.0. The van der Waals surface area contributed by atoms with Gasteiger partial charge >= 0.3 is 0 Å². The molecule has 4 heteroatoms. The Labute approximate surface area is 134 Å². The zero-order valence-electron chi connectivity index (χ0n) is 12.5. The van der Waals surface area contributed by atoms with Gasteiger partial charge in [-0.3, -0.25) is 0 Å². The fourth-order valence-electron chi connectivity index (χ4n) is 3.05. The molecular weight excluding hydrogens is 292 g/mol. The lowest BCUT2D eigenvalue weighted by Gasteiger charge is -2.18. The highest BCUT2D eigenvalue weighted by molar-refractivity contribution is 7.15. The van der Waals surface area contributed by atoms with Gasteiger partial charge in [0.15, 0.2) is 5.13 Å². The van der Waals surface area contributed by atoms with E-state index in [1.807, 2.05) is 0 Å². The molecule has 112 valence electrons. The van der Waals surface area contributed by atoms with Crippen LogP contribution in [0.2, 0.25) is 0 Å². The average Bonchev–Trinajstić information content (AvgIpc) is 2.97. The molecule has 0 radical (unpaired) electrons. The van der Waals surface area contributed by atoms with Crippen molar-refractivity contribution in [2.75, 3.05) is 12.4 Å². The highest BCUT2D eigenvalue weighted by atomic mass is 32.1. The van der Waals surface area contributed by atoms with E-state index in [2.05, 4.69) is 47.8 Å². The molecule has 22 heavy (non-hydrogen) atoms. The minimum atomic E-state index is 0.216. The van der Waals surface area contributed by atoms with E-state index in [0.29, 0.717) is 0 Å². The van der Waals surface area contributed by atoms with Crippen LogP contribution in [0, 0.1) is 0 Å². The van der Waals surface area contributed by atoms with Crippen LogP contribution >= 0.6 is 11.3 Å². The molecule has 1 aromatic heterocycles. The molecule has 0 fully saturated rings. The molecule has 1 atom stereocenters. The van der Waals surface area contributed by atoms with Gasteiger partial charge in [-0.25, -0.2) is 4.98 Å². The van der Waals surface area contributed by atoms with Gasteiger partial charge in [-0.2, -0.15) is 0 Å². The fraction of sp³-hybridized carbons (Fsp3) is 0.278. The summed E-state index contributed by atoms with van der Waals surface area (Å²) in [6.07, 6.45) is 3.53. The first-order chi connectivity index (χ1) is 10.8. The van der Waals surface area contributed by atoms with E-state index in [9.17, 15) is 0 Å². The summed E-state index contributed by atoms with van der Waals surface area (Å²) >= 11 is 1.72. The number of aromatic nitrogens is 1. The zero-order chi connectivity index (χ0) is 14.9. The molecule has 0 aliphatic heterocycles. The van der Waals surface area contributed by atoms with Crippen molar-refractivity contribution in [2.24, 2.45) is 0 Å². The van der Waals surface area contributed by atoms with Gasteiger partial charge in [0.05, 0.1) is 16.7 Å². The Balaban J connectivity index is 1.63. The molecule has 1 N–H and O–H groups in total. The smallest absolute Gasteiger partial charge is 0.187 e. The maximum Gasteiger partial charge on any atom is 0.187 e. The van der Waals surface area contributed by atoms with Gasteiger partial charge in [0, 0.05) is 12.8 Å². The van der Waals surface area contributed by atoms with Gasteiger partial charge < -0.3 is 10.1 Å². The van der Waals surface area contributed by atoms with E-state index in [1.165, 1.54) is 21.3 Å². The van der Waals surface area contributed by atoms with Crippen molar-refractivity contribution in [1.82, 2.24) is 4.98 Å². The zero-order valence-corrected chi connectivity index (χ0v) is 13.3. The van der Waals surface area contributed by atoms with Crippen molar-refractivity contribution in [3.63, 3.8) is 0 Å². The predicted molar refractivity (Wildman–Crippen MR) is 92.0 cm³/mol. The van der Waals surface area contributed by atoms with Crippen LogP contribution in [0.3, 0.4) is 0 Å². The number of thiazole rings is 1. The first-order valence-corrected chi connectivity index (χ1v) is 8.43. The van der Waals surface area contributed by atoms with Crippen LogP contribution in [0.4, 0.5) is 10.8 Å². The van der Waals surface area contributed by atoms with Gasteiger partial charge in [-0.1, -0.05) is 41.7 Å². The molecule has 3 nitrogen and oxygen atoms in total. The van der Waals surface area contributed by atoms with E-state index >= 15 is 0 Å². The lowest BCUT2D eigenvalue weighted by molar-refractivity contribution is 0.0908. The Morgan fingerprint density at radius 1 is 1.18 bits per heavy atom. The second-order valence-electron chi connectivity index (χ2n) is 5.63. The summed E-state index contributed by atoms with van der Waals surface area (Å²) < 4.78 is 5.58. The number of nitrogens with one attached hydrogen (secondary N) is 1. The van der Waals surface area contributed by atoms with Crippen LogP contribution in [0.15, 0.2) is 42.5 Å². The summed E-state index contributed by atoms with van der Waals surface area (Å²) in [7, 11) is 1.79. The maximum atomic E-state index is 5.58. The number of benzene rings is 2. The van der Waals surface area contributed by atoms with Crippen LogP contribution in [-0.2, 0) is 11.2 Å². The number of aryl methyl sites for hydroxylation is 1. The van der Waals surface area contributed by atoms with Crippen LogP contribution in [0.5, 0.6) is 0 Å². The molecule has 3 aromatic rings. The van der Waals surface area contributed by atoms with Crippen molar-refractivity contribution >= 4 is 32.9 Å². The number of fused-ring (bicyclic) bond motifs is 2. The van der Waals surface area contributed by atoms with Gasteiger partial charge in [-0.05, 0) is 42.2 Å². The van der Waals surface area contributed by atoms with Gasteiger partial charge in [-0.15, -0.1) is 0 Å². The molecular formula is C18H18N2OS. The monoisotopic (exact) mass is 310 g/mol. The Kier molecular flexibility index (Phi) is 3.56. The van der Waals surface area contributed by atoms with E-state index in [1.54, 1.807) is 18.4 Å². The van der Waals surface area contributed by atoms with Crippen molar-refractivity contribution in [3.05, 3.63) is 53.0 Å². The fourth-order valence-corrected chi connectivity index (χ4v) is 4.19. The van der Waals surface area contributed by atoms with E-state index < -0.39 is 0 Å². The lowest BCUT2D eigenvalue weighted by Crippen LogP contribution is -2.08. The van der Waals surface area contributed by atoms with Crippen LogP contribution in [0.1, 0.15) is 29.5 Å². The molecule has 0 saturated carbocycles. The predicted octanol–water partition coefficient (Wildman–Crippen LogP) is 5.06. The third-order valence-corrected chi connectivity index (χ3v) is 5.29. The number of rotatable bonds is 3. The number of ether oxygens (including phenoxy) is 1. The summed E-state index contributed by atoms with van der Waals surface area (Å²) in [5.74, 6) is 0. The number of methoxy groups -OCH3 is 1. The highest BCUT2D eigenvalue weighted by Gasteiger charge is 2.24. The summed E-state index contributed by atoms with van der Waals surface area (Å²) in [6.45, 7) is 0. The number of nitrogens with zero attached hydrogens (tertiary/aromatic N) is 1. The van der Waals surface area contributed by atoms with E-state index in [0.717, 1.165) is 30.1 Å². The third kappa shape index (κ3) is 2.49. The summed E-state index contributed by atoms with van der Waals surface area (Å²) in [6, 6.07) is 14.8. The van der Waals surface area contributed by atoms with Crippen molar-refractivity contribution < 1.29 is 4.74 Å². The SMILES string of the molecule is COC1CCCc2nc(Nc3ccc4ccccc4c3)sc21. The molecule has 2 aromatic carbocycles. The Morgan fingerprint density at radius 2 is 2.05 bits per heavy atom. The summed E-state index contributed by atoms with van der Waals surface area (Å²) in [5, 5.41) is 6.91. The van der Waals surface area contributed by atoms with E-state index in [4.69, 9.17) is 9.72 Å². The molecule has 4 rings (SSSR count). The van der Waals surface area contributed by atoms with Crippen molar-refractivity contribution in [1.29, 1.82) is 0 Å². The van der Waals surface area contributed by atoms with Crippen LogP contribution < -0.4 is 5.32 Å². The standard InChI is InChI=1S/C18H18N2OS/c1-21-16-8-4-7-15-17(16)22-18(20-15)19-14-10-9-12-5-2-3-6-13(12)11-14/h2-3,5-6,9-11,16H,4,7-8H2,1H3,(H,19,20). The first kappa shape index (κ1) is 13.7. The first-order valence-electron chi connectivity index (χ1n) is 7.62. The molecule has 0 spiro atoms. The topological polar surface area (TPSA) is 34.1 Å². The normalized spacial score (nSPS) is 17.4. The molecule has 1 aliphatic carbocycles. The molecule has 0 saturated heterocycles. The second-order valence-corrected chi connectivity index (χ2v) is 6.66. The quantitative estimate of drug-likeness (QED) is 0.734. The summed E-state index contributed by atoms with van der Waals surface area (Å²) in [5.41, 5.74) is 2.28. The average molecular weight is 310 g/mol. The number of hydrogen-bond acceptors (Lipinski definition) is 4. The Bertz CT molecular complexity index is 812. The molecule has 1 heterocycles. The van der Waals surface area contributed by atoms with Gasteiger partial charge in [0.2, 0.25) is 0 Å². The third-order valence-electron chi connectivity index (χ3n) is 4.19. The second kappa shape index (κ2) is 5.71. The highest BCUT2D eigenvalue weighted by Crippen LogP contribution is 2.38. The van der Waals surface area contributed by atoms with Gasteiger partial charge in [0.1, 0.15) is 0 Å².